The van der Waals surface area contributed by atoms with Crippen molar-refractivity contribution in [2.24, 2.45) is 5.10 Å². The Hall–Kier alpha value is -2.41. The molecule has 1 aromatic carbocycles. The van der Waals surface area contributed by atoms with Gasteiger partial charge in [0.2, 0.25) is 5.91 Å². The van der Waals surface area contributed by atoms with E-state index in [1.807, 2.05) is 19.1 Å². The van der Waals surface area contributed by atoms with E-state index >= 15 is 0 Å². The maximum absolute atomic E-state index is 11.4. The lowest BCUT2D eigenvalue weighted by Gasteiger charge is -2.21. The number of carbonyl (C=O) groups is 2. The summed E-state index contributed by atoms with van der Waals surface area (Å²) in [6.07, 6.45) is 0. The minimum Gasteiger partial charge on any atom is -0.375 e. The van der Waals surface area contributed by atoms with Crippen LogP contribution in [0.25, 0.3) is 0 Å². The lowest BCUT2D eigenvalue weighted by Crippen LogP contribution is -2.48. The molecule has 0 aromatic heterocycles. The van der Waals surface area contributed by atoms with Crippen molar-refractivity contribution in [1.29, 1.82) is 0 Å². The van der Waals surface area contributed by atoms with E-state index in [1.54, 1.807) is 12.1 Å². The van der Waals surface area contributed by atoms with Gasteiger partial charge in [-0.05, 0) is 19.1 Å². The summed E-state index contributed by atoms with van der Waals surface area (Å²) in [6, 6.07) is 6.72. The Morgan fingerprint density at radius 1 is 1.40 bits per heavy atom. The molecule has 7 nitrogen and oxygen atoms in total. The SMILES string of the molecule is COCC(=O)Nc1ccc(C2=NNC(=O)NC2C)cc1. The lowest BCUT2D eigenvalue weighted by atomic mass is 10.0. The minimum atomic E-state index is -0.315. The first kappa shape index (κ1) is 14.0. The fraction of sp³-hybridized carbons (Fsp3) is 0.308. The molecule has 0 aliphatic carbocycles. The van der Waals surface area contributed by atoms with Crippen molar-refractivity contribution >= 4 is 23.3 Å². The molecule has 0 fully saturated rings. The van der Waals surface area contributed by atoms with E-state index in [-0.39, 0.29) is 24.6 Å². The number of hydrogen-bond acceptors (Lipinski definition) is 4. The standard InChI is InChI=1S/C13H16N4O3/c1-8-12(16-17-13(19)14-8)9-3-5-10(6-4-9)15-11(18)7-20-2/h3-6,8H,7H2,1-2H3,(H,15,18)(H2,14,17,19). The van der Waals surface area contributed by atoms with E-state index in [4.69, 9.17) is 4.74 Å². The van der Waals surface area contributed by atoms with Crippen molar-refractivity contribution in [3.05, 3.63) is 29.8 Å². The van der Waals surface area contributed by atoms with Crippen LogP contribution in [0.4, 0.5) is 10.5 Å². The molecule has 106 valence electrons. The summed E-state index contributed by atoms with van der Waals surface area (Å²) < 4.78 is 4.74. The maximum Gasteiger partial charge on any atom is 0.335 e. The number of urea groups is 1. The molecule has 1 aliphatic rings. The van der Waals surface area contributed by atoms with E-state index in [0.717, 1.165) is 11.3 Å². The van der Waals surface area contributed by atoms with Crippen LogP contribution in [0.1, 0.15) is 12.5 Å². The Kier molecular flexibility index (Phi) is 4.31. The number of hydrazone groups is 1. The molecule has 0 saturated carbocycles. The van der Waals surface area contributed by atoms with Gasteiger partial charge in [-0.3, -0.25) is 4.79 Å². The minimum absolute atomic E-state index is 0.0153. The number of rotatable bonds is 4. The van der Waals surface area contributed by atoms with Gasteiger partial charge in [-0.25, -0.2) is 10.2 Å². The largest absolute Gasteiger partial charge is 0.375 e. The number of amides is 3. The van der Waals surface area contributed by atoms with E-state index in [2.05, 4.69) is 21.2 Å². The first-order valence-electron chi connectivity index (χ1n) is 6.13. The predicted octanol–water partition coefficient (Wildman–Crippen LogP) is 0.677. The summed E-state index contributed by atoms with van der Waals surface area (Å²) in [5, 5.41) is 9.46. The van der Waals surface area contributed by atoms with Crippen LogP contribution in [-0.2, 0) is 9.53 Å². The number of methoxy groups -OCH3 is 1. The third-order valence-corrected chi connectivity index (χ3v) is 2.78. The predicted molar refractivity (Wildman–Crippen MR) is 74.6 cm³/mol. The Balaban J connectivity index is 2.08. The van der Waals surface area contributed by atoms with Gasteiger partial charge >= 0.3 is 6.03 Å². The molecule has 1 aliphatic heterocycles. The molecule has 0 bridgehead atoms. The Morgan fingerprint density at radius 2 is 2.10 bits per heavy atom. The van der Waals surface area contributed by atoms with E-state index in [1.165, 1.54) is 7.11 Å². The van der Waals surface area contributed by atoms with Crippen molar-refractivity contribution < 1.29 is 14.3 Å². The van der Waals surface area contributed by atoms with Crippen LogP contribution in [0, 0.1) is 0 Å². The summed E-state index contributed by atoms with van der Waals surface area (Å²) in [4.78, 5) is 22.5. The van der Waals surface area contributed by atoms with Crippen LogP contribution in [-0.4, -0.2) is 37.4 Å². The quantitative estimate of drug-likeness (QED) is 0.755. The molecule has 0 radical (unpaired) electrons. The normalized spacial score (nSPS) is 17.8. The molecule has 3 N–H and O–H groups in total. The molecule has 1 unspecified atom stereocenters. The molecule has 1 atom stereocenters. The Labute approximate surface area is 116 Å². The van der Waals surface area contributed by atoms with Crippen LogP contribution >= 0.6 is 0 Å². The number of ether oxygens (including phenoxy) is 1. The van der Waals surface area contributed by atoms with Gasteiger partial charge in [-0.15, -0.1) is 0 Å². The lowest BCUT2D eigenvalue weighted by molar-refractivity contribution is -0.119. The van der Waals surface area contributed by atoms with Gasteiger partial charge in [-0.1, -0.05) is 12.1 Å². The molecule has 1 heterocycles. The van der Waals surface area contributed by atoms with E-state index < -0.39 is 0 Å². The molecular formula is C13H16N4O3. The summed E-state index contributed by atoms with van der Waals surface area (Å²) in [7, 11) is 1.46. The van der Waals surface area contributed by atoms with Gasteiger partial charge in [0, 0.05) is 18.4 Å². The van der Waals surface area contributed by atoms with Crippen LogP contribution in [0.3, 0.4) is 0 Å². The van der Waals surface area contributed by atoms with Gasteiger partial charge in [0.15, 0.2) is 0 Å². The van der Waals surface area contributed by atoms with Crippen molar-refractivity contribution in [3.63, 3.8) is 0 Å². The molecule has 0 saturated heterocycles. The van der Waals surface area contributed by atoms with E-state index in [9.17, 15) is 9.59 Å². The second-order valence-electron chi connectivity index (χ2n) is 4.36. The smallest absolute Gasteiger partial charge is 0.335 e. The number of hydrogen-bond donors (Lipinski definition) is 3. The highest BCUT2D eigenvalue weighted by atomic mass is 16.5. The van der Waals surface area contributed by atoms with Crippen LogP contribution < -0.4 is 16.1 Å². The second-order valence-corrected chi connectivity index (χ2v) is 4.36. The fourth-order valence-corrected chi connectivity index (χ4v) is 1.87. The topological polar surface area (TPSA) is 91.8 Å². The summed E-state index contributed by atoms with van der Waals surface area (Å²) in [5.74, 6) is -0.211. The maximum atomic E-state index is 11.4. The Bertz CT molecular complexity index is 539. The number of nitrogens with one attached hydrogen (secondary N) is 3. The molecular weight excluding hydrogens is 260 g/mol. The van der Waals surface area contributed by atoms with Crippen LogP contribution in [0.5, 0.6) is 0 Å². The number of nitrogens with zero attached hydrogens (tertiary/aromatic N) is 1. The first-order chi connectivity index (χ1) is 9.60. The van der Waals surface area contributed by atoms with Crippen molar-refractivity contribution in [1.82, 2.24) is 10.7 Å². The molecule has 2 rings (SSSR count). The molecule has 3 amide bonds. The van der Waals surface area contributed by atoms with Crippen LogP contribution in [0.15, 0.2) is 29.4 Å². The highest BCUT2D eigenvalue weighted by Gasteiger charge is 2.20. The third-order valence-electron chi connectivity index (χ3n) is 2.78. The number of carbonyl (C=O) groups excluding carboxylic acids is 2. The first-order valence-corrected chi connectivity index (χ1v) is 6.13. The van der Waals surface area contributed by atoms with Gasteiger partial charge in [-0.2, -0.15) is 5.10 Å². The van der Waals surface area contributed by atoms with Crippen molar-refractivity contribution in [3.8, 4) is 0 Å². The van der Waals surface area contributed by atoms with Crippen LogP contribution in [0.2, 0.25) is 0 Å². The second kappa shape index (κ2) is 6.16. The molecule has 20 heavy (non-hydrogen) atoms. The molecule has 0 spiro atoms. The number of anilines is 1. The van der Waals surface area contributed by atoms with Crippen molar-refractivity contribution in [2.45, 2.75) is 13.0 Å². The van der Waals surface area contributed by atoms with Gasteiger partial charge in [0.25, 0.3) is 0 Å². The van der Waals surface area contributed by atoms with Gasteiger partial charge < -0.3 is 15.4 Å². The average molecular weight is 276 g/mol. The highest BCUT2D eigenvalue weighted by Crippen LogP contribution is 2.13. The zero-order valence-electron chi connectivity index (χ0n) is 11.3. The average Bonchev–Trinajstić information content (AvgIpc) is 2.40. The molecule has 1 aromatic rings. The van der Waals surface area contributed by atoms with Gasteiger partial charge in [0.05, 0.1) is 11.8 Å². The highest BCUT2D eigenvalue weighted by molar-refractivity contribution is 6.07. The third kappa shape index (κ3) is 3.33. The monoisotopic (exact) mass is 276 g/mol. The fourth-order valence-electron chi connectivity index (χ4n) is 1.87. The summed E-state index contributed by atoms with van der Waals surface area (Å²) in [5.41, 5.74) is 4.66. The zero-order valence-corrected chi connectivity index (χ0v) is 11.3. The Morgan fingerprint density at radius 3 is 2.70 bits per heavy atom. The summed E-state index contributed by atoms with van der Waals surface area (Å²) >= 11 is 0. The van der Waals surface area contributed by atoms with Gasteiger partial charge in [0.1, 0.15) is 6.61 Å². The van der Waals surface area contributed by atoms with Crippen molar-refractivity contribution in [2.75, 3.05) is 19.0 Å². The zero-order chi connectivity index (χ0) is 14.5. The number of benzene rings is 1. The molecule has 7 heteroatoms. The summed E-state index contributed by atoms with van der Waals surface area (Å²) in [6.45, 7) is 1.87. The van der Waals surface area contributed by atoms with E-state index in [0.29, 0.717) is 5.69 Å².